The third kappa shape index (κ3) is 2.34. The first-order chi connectivity index (χ1) is 10.2. The van der Waals surface area contributed by atoms with E-state index in [1.165, 1.54) is 0 Å². The fraction of sp³-hybridized carbons (Fsp3) is 0.533. The van der Waals surface area contributed by atoms with Crippen LogP contribution < -0.4 is 5.32 Å². The van der Waals surface area contributed by atoms with Crippen LogP contribution in [0.15, 0.2) is 24.5 Å². The van der Waals surface area contributed by atoms with E-state index in [4.69, 9.17) is 4.74 Å². The molecule has 2 atom stereocenters. The highest BCUT2D eigenvalue weighted by Gasteiger charge is 2.35. The number of fused-ring (bicyclic) bond motifs is 1. The first-order valence-corrected chi connectivity index (χ1v) is 7.31. The Morgan fingerprint density at radius 3 is 3.00 bits per heavy atom. The third-order valence-corrected chi connectivity index (χ3v) is 4.34. The van der Waals surface area contributed by atoms with Gasteiger partial charge in [0.05, 0.1) is 6.04 Å². The first-order valence-electron chi connectivity index (χ1n) is 7.31. The van der Waals surface area contributed by atoms with E-state index in [2.05, 4.69) is 45.0 Å². The number of rotatable bonds is 4. The zero-order valence-corrected chi connectivity index (χ0v) is 12.7. The van der Waals surface area contributed by atoms with Crippen molar-refractivity contribution in [2.24, 2.45) is 0 Å². The predicted molar refractivity (Wildman–Crippen MR) is 78.8 cm³/mol. The molecule has 0 spiro atoms. The van der Waals surface area contributed by atoms with Crippen molar-refractivity contribution in [3.63, 3.8) is 0 Å². The predicted octanol–water partition coefficient (Wildman–Crippen LogP) is 1.64. The zero-order valence-electron chi connectivity index (χ0n) is 12.7. The van der Waals surface area contributed by atoms with Gasteiger partial charge in [-0.05, 0) is 25.0 Å². The molecule has 3 heterocycles. The Morgan fingerprint density at radius 1 is 1.48 bits per heavy atom. The van der Waals surface area contributed by atoms with Crippen LogP contribution in [0.25, 0.3) is 0 Å². The van der Waals surface area contributed by atoms with Crippen LogP contribution in [0.1, 0.15) is 43.5 Å². The van der Waals surface area contributed by atoms with Crippen molar-refractivity contribution in [1.29, 1.82) is 0 Å². The van der Waals surface area contributed by atoms with E-state index in [9.17, 15) is 0 Å². The van der Waals surface area contributed by atoms with Gasteiger partial charge in [-0.25, -0.2) is 0 Å². The van der Waals surface area contributed by atoms with Gasteiger partial charge in [0.15, 0.2) is 11.6 Å². The van der Waals surface area contributed by atoms with Crippen molar-refractivity contribution >= 4 is 0 Å². The number of methoxy groups -OCH3 is 1. The van der Waals surface area contributed by atoms with Crippen molar-refractivity contribution in [2.75, 3.05) is 13.7 Å². The van der Waals surface area contributed by atoms with Crippen molar-refractivity contribution in [3.05, 3.63) is 41.7 Å². The fourth-order valence-electron chi connectivity index (χ4n) is 2.76. The lowest BCUT2D eigenvalue weighted by molar-refractivity contribution is -0.0125. The number of hydrogen-bond acceptors (Lipinski definition) is 5. The SMILES string of the molecule is CCC(C)(OC)c1nnc2n1CCNC2c1cccnc1. The van der Waals surface area contributed by atoms with Gasteiger partial charge in [-0.2, -0.15) is 0 Å². The molecule has 2 aromatic heterocycles. The molecule has 0 fully saturated rings. The van der Waals surface area contributed by atoms with Crippen LogP contribution in [-0.2, 0) is 16.9 Å². The Kier molecular flexibility index (Phi) is 3.73. The lowest BCUT2D eigenvalue weighted by atomic mass is 10.0. The molecule has 6 nitrogen and oxygen atoms in total. The maximum atomic E-state index is 5.68. The second-order valence-electron chi connectivity index (χ2n) is 5.50. The van der Waals surface area contributed by atoms with Crippen molar-refractivity contribution in [3.8, 4) is 0 Å². The number of pyridine rings is 1. The van der Waals surface area contributed by atoms with E-state index in [1.807, 2.05) is 12.3 Å². The molecule has 21 heavy (non-hydrogen) atoms. The summed E-state index contributed by atoms with van der Waals surface area (Å²) in [5, 5.41) is 12.3. The summed E-state index contributed by atoms with van der Waals surface area (Å²) < 4.78 is 7.86. The minimum atomic E-state index is -0.401. The fourth-order valence-corrected chi connectivity index (χ4v) is 2.76. The van der Waals surface area contributed by atoms with Crippen LogP contribution in [0, 0.1) is 0 Å². The van der Waals surface area contributed by atoms with E-state index in [1.54, 1.807) is 13.3 Å². The molecule has 2 aromatic rings. The van der Waals surface area contributed by atoms with E-state index < -0.39 is 5.60 Å². The van der Waals surface area contributed by atoms with Gasteiger partial charge in [-0.15, -0.1) is 10.2 Å². The molecule has 1 aliphatic rings. The lowest BCUT2D eigenvalue weighted by Crippen LogP contribution is -2.37. The van der Waals surface area contributed by atoms with E-state index in [-0.39, 0.29) is 6.04 Å². The lowest BCUT2D eigenvalue weighted by Gasteiger charge is -2.30. The van der Waals surface area contributed by atoms with Crippen molar-refractivity contribution in [1.82, 2.24) is 25.1 Å². The molecule has 0 amide bonds. The van der Waals surface area contributed by atoms with E-state index >= 15 is 0 Å². The van der Waals surface area contributed by atoms with Crippen LogP contribution in [-0.4, -0.2) is 33.4 Å². The molecule has 0 saturated heterocycles. The Morgan fingerprint density at radius 2 is 2.33 bits per heavy atom. The third-order valence-electron chi connectivity index (χ3n) is 4.34. The standard InChI is InChI=1S/C15H21N5O/c1-4-15(2,21-3)14-19-18-13-12(17-8-9-20(13)14)11-6-5-7-16-10-11/h5-7,10,12,17H,4,8-9H2,1-3H3. The quantitative estimate of drug-likeness (QED) is 0.926. The van der Waals surface area contributed by atoms with Gasteiger partial charge in [-0.1, -0.05) is 13.0 Å². The summed E-state index contributed by atoms with van der Waals surface area (Å²) in [6.07, 6.45) is 4.51. The van der Waals surface area contributed by atoms with Gasteiger partial charge in [0, 0.05) is 32.6 Å². The summed E-state index contributed by atoms with van der Waals surface area (Å²) in [6, 6.07) is 4.04. The Hall–Kier alpha value is -1.79. The normalized spacial score (nSPS) is 20.8. The molecule has 0 saturated carbocycles. The van der Waals surface area contributed by atoms with Crippen LogP contribution in [0.2, 0.25) is 0 Å². The first kappa shape index (κ1) is 14.2. The number of hydrogen-bond donors (Lipinski definition) is 1. The van der Waals surface area contributed by atoms with Gasteiger partial charge >= 0.3 is 0 Å². The van der Waals surface area contributed by atoms with Crippen LogP contribution >= 0.6 is 0 Å². The van der Waals surface area contributed by atoms with Gasteiger partial charge in [0.1, 0.15) is 5.60 Å². The summed E-state index contributed by atoms with van der Waals surface area (Å²) >= 11 is 0. The molecule has 1 N–H and O–H groups in total. The number of ether oxygens (including phenoxy) is 1. The second kappa shape index (κ2) is 5.54. The summed E-state index contributed by atoms with van der Waals surface area (Å²) in [4.78, 5) is 4.20. The number of nitrogens with one attached hydrogen (secondary N) is 1. The van der Waals surface area contributed by atoms with E-state index in [0.717, 1.165) is 36.7 Å². The Bertz CT molecular complexity index is 606. The maximum Gasteiger partial charge on any atom is 0.165 e. The highest BCUT2D eigenvalue weighted by atomic mass is 16.5. The van der Waals surface area contributed by atoms with Crippen LogP contribution in [0.4, 0.5) is 0 Å². The molecule has 0 radical (unpaired) electrons. The van der Waals surface area contributed by atoms with Crippen molar-refractivity contribution < 1.29 is 4.74 Å². The molecule has 3 rings (SSSR count). The van der Waals surface area contributed by atoms with Gasteiger partial charge in [0.25, 0.3) is 0 Å². The number of aromatic nitrogens is 4. The Labute approximate surface area is 124 Å². The van der Waals surface area contributed by atoms with Crippen LogP contribution in [0.3, 0.4) is 0 Å². The summed E-state index contributed by atoms with van der Waals surface area (Å²) in [5.74, 6) is 1.83. The summed E-state index contributed by atoms with van der Waals surface area (Å²) in [6.45, 7) is 5.89. The monoisotopic (exact) mass is 287 g/mol. The molecule has 112 valence electrons. The minimum absolute atomic E-state index is 0.0339. The molecule has 0 bridgehead atoms. The highest BCUT2D eigenvalue weighted by Crippen LogP contribution is 2.31. The molecule has 6 heteroatoms. The molecule has 2 unspecified atom stereocenters. The molecule has 1 aliphatic heterocycles. The smallest absolute Gasteiger partial charge is 0.165 e. The minimum Gasteiger partial charge on any atom is -0.371 e. The summed E-state index contributed by atoms with van der Waals surface area (Å²) in [7, 11) is 1.73. The Balaban J connectivity index is 2.03. The van der Waals surface area contributed by atoms with Gasteiger partial charge < -0.3 is 14.6 Å². The van der Waals surface area contributed by atoms with Gasteiger partial charge in [0.2, 0.25) is 0 Å². The molecular weight excluding hydrogens is 266 g/mol. The zero-order chi connectivity index (χ0) is 14.9. The topological polar surface area (TPSA) is 64.9 Å². The molecular formula is C15H21N5O. The average Bonchev–Trinajstić information content (AvgIpc) is 2.99. The van der Waals surface area contributed by atoms with Crippen molar-refractivity contribution in [2.45, 2.75) is 38.5 Å². The van der Waals surface area contributed by atoms with Gasteiger partial charge in [-0.3, -0.25) is 4.98 Å². The maximum absolute atomic E-state index is 5.68. The number of nitrogens with zero attached hydrogens (tertiary/aromatic N) is 4. The molecule has 0 aliphatic carbocycles. The van der Waals surface area contributed by atoms with E-state index in [0.29, 0.717) is 0 Å². The molecule has 0 aromatic carbocycles. The highest BCUT2D eigenvalue weighted by molar-refractivity contribution is 5.24. The summed E-state index contributed by atoms with van der Waals surface area (Å²) in [5.41, 5.74) is 0.704. The largest absolute Gasteiger partial charge is 0.371 e. The van der Waals surface area contributed by atoms with Crippen LogP contribution in [0.5, 0.6) is 0 Å². The second-order valence-corrected chi connectivity index (χ2v) is 5.50. The average molecular weight is 287 g/mol.